The molecule has 1 aromatic rings. The second kappa shape index (κ2) is 7.90. The lowest BCUT2D eigenvalue weighted by molar-refractivity contribution is 0.227. The van der Waals surface area contributed by atoms with Crippen molar-refractivity contribution >= 4 is 11.7 Å². The van der Waals surface area contributed by atoms with Crippen LogP contribution in [0.4, 0.5) is 10.5 Å². The van der Waals surface area contributed by atoms with Gasteiger partial charge in [-0.1, -0.05) is 39.8 Å². The van der Waals surface area contributed by atoms with Gasteiger partial charge >= 0.3 is 6.03 Å². The molecule has 0 aliphatic rings. The Morgan fingerprint density at radius 1 is 1.25 bits per heavy atom. The Kier molecular flexibility index (Phi) is 6.52. The third-order valence-corrected chi connectivity index (χ3v) is 3.37. The first-order chi connectivity index (χ1) is 9.43. The zero-order valence-electron chi connectivity index (χ0n) is 12.8. The number of aliphatic hydroxyl groups is 1. The number of carbonyl (C=O) groups is 1. The molecule has 20 heavy (non-hydrogen) atoms. The summed E-state index contributed by atoms with van der Waals surface area (Å²) in [7, 11) is 0. The fourth-order valence-electron chi connectivity index (χ4n) is 2.02. The van der Waals surface area contributed by atoms with Gasteiger partial charge in [-0.3, -0.25) is 0 Å². The lowest BCUT2D eigenvalue weighted by Gasteiger charge is -2.21. The Bertz CT molecular complexity index is 430. The molecular formula is C16H26N2O2. The average Bonchev–Trinajstić information content (AvgIpc) is 2.38. The highest BCUT2D eigenvalue weighted by Gasteiger charge is 2.15. The van der Waals surface area contributed by atoms with E-state index in [9.17, 15) is 4.79 Å². The van der Waals surface area contributed by atoms with Crippen LogP contribution in [0.2, 0.25) is 0 Å². The van der Waals surface area contributed by atoms with Crippen molar-refractivity contribution in [3.8, 4) is 0 Å². The van der Waals surface area contributed by atoms with Crippen LogP contribution >= 0.6 is 0 Å². The van der Waals surface area contributed by atoms with Crippen LogP contribution in [0.3, 0.4) is 0 Å². The van der Waals surface area contributed by atoms with E-state index in [1.54, 1.807) is 0 Å². The second-order valence-corrected chi connectivity index (χ2v) is 5.74. The lowest BCUT2D eigenvalue weighted by Crippen LogP contribution is -2.41. The van der Waals surface area contributed by atoms with Gasteiger partial charge in [0, 0.05) is 18.3 Å². The SMILES string of the molecule is CC(C)c1cccc(NC(=O)NC(CCO)C(C)C)c1. The monoisotopic (exact) mass is 278 g/mol. The van der Waals surface area contributed by atoms with E-state index in [1.165, 1.54) is 5.56 Å². The van der Waals surface area contributed by atoms with E-state index in [-0.39, 0.29) is 24.6 Å². The van der Waals surface area contributed by atoms with E-state index < -0.39 is 0 Å². The van der Waals surface area contributed by atoms with Crippen LogP contribution in [-0.4, -0.2) is 23.8 Å². The number of nitrogens with one attached hydrogen (secondary N) is 2. The molecule has 0 heterocycles. The molecule has 1 rings (SSSR count). The fourth-order valence-corrected chi connectivity index (χ4v) is 2.02. The maximum absolute atomic E-state index is 12.0. The highest BCUT2D eigenvalue weighted by Crippen LogP contribution is 2.18. The smallest absolute Gasteiger partial charge is 0.319 e. The molecule has 0 radical (unpaired) electrons. The number of rotatable bonds is 6. The number of urea groups is 1. The van der Waals surface area contributed by atoms with Crippen LogP contribution in [0.1, 0.15) is 45.6 Å². The molecule has 0 bridgehead atoms. The number of anilines is 1. The minimum Gasteiger partial charge on any atom is -0.396 e. The summed E-state index contributed by atoms with van der Waals surface area (Å²) in [5, 5.41) is 14.8. The quantitative estimate of drug-likeness (QED) is 0.747. The van der Waals surface area contributed by atoms with Crippen LogP contribution < -0.4 is 10.6 Å². The van der Waals surface area contributed by atoms with Crippen molar-refractivity contribution in [3.05, 3.63) is 29.8 Å². The normalized spacial score (nSPS) is 12.6. The topological polar surface area (TPSA) is 61.4 Å². The summed E-state index contributed by atoms with van der Waals surface area (Å²) in [6.45, 7) is 8.37. The fraction of sp³-hybridized carbons (Fsp3) is 0.562. The molecule has 3 N–H and O–H groups in total. The third kappa shape index (κ3) is 5.21. The summed E-state index contributed by atoms with van der Waals surface area (Å²) in [5.41, 5.74) is 1.98. The molecule has 1 atom stereocenters. The predicted molar refractivity (Wildman–Crippen MR) is 83.0 cm³/mol. The molecule has 112 valence electrons. The minimum absolute atomic E-state index is 0.0201. The Morgan fingerprint density at radius 2 is 1.95 bits per heavy atom. The van der Waals surface area contributed by atoms with Gasteiger partial charge in [0.2, 0.25) is 0 Å². The largest absolute Gasteiger partial charge is 0.396 e. The van der Waals surface area contributed by atoms with Crippen LogP contribution in [0, 0.1) is 5.92 Å². The van der Waals surface area contributed by atoms with Crippen LogP contribution in [0.5, 0.6) is 0 Å². The third-order valence-electron chi connectivity index (χ3n) is 3.37. The number of amides is 2. The van der Waals surface area contributed by atoms with E-state index in [0.29, 0.717) is 12.3 Å². The molecule has 0 saturated heterocycles. The number of hydrogen-bond acceptors (Lipinski definition) is 2. The molecule has 0 aliphatic carbocycles. The molecule has 2 amide bonds. The van der Waals surface area contributed by atoms with Crippen molar-refractivity contribution < 1.29 is 9.90 Å². The van der Waals surface area contributed by atoms with Gasteiger partial charge < -0.3 is 15.7 Å². The molecule has 0 aliphatic heterocycles. The summed E-state index contributed by atoms with van der Waals surface area (Å²) < 4.78 is 0. The average molecular weight is 278 g/mol. The van der Waals surface area contributed by atoms with Crippen LogP contribution in [0.15, 0.2) is 24.3 Å². The minimum atomic E-state index is -0.224. The Hall–Kier alpha value is -1.55. The van der Waals surface area contributed by atoms with Gasteiger partial charge in [-0.15, -0.1) is 0 Å². The summed E-state index contributed by atoms with van der Waals surface area (Å²) in [6, 6.07) is 7.61. The Morgan fingerprint density at radius 3 is 2.50 bits per heavy atom. The van der Waals surface area contributed by atoms with Gasteiger partial charge in [0.25, 0.3) is 0 Å². The van der Waals surface area contributed by atoms with E-state index >= 15 is 0 Å². The van der Waals surface area contributed by atoms with Crippen molar-refractivity contribution in [2.75, 3.05) is 11.9 Å². The first-order valence-electron chi connectivity index (χ1n) is 7.22. The van der Waals surface area contributed by atoms with E-state index in [1.807, 2.05) is 32.0 Å². The van der Waals surface area contributed by atoms with Gasteiger partial charge in [0.15, 0.2) is 0 Å². The van der Waals surface area contributed by atoms with Crippen molar-refractivity contribution in [2.24, 2.45) is 5.92 Å². The summed E-state index contributed by atoms with van der Waals surface area (Å²) in [4.78, 5) is 12.0. The first-order valence-corrected chi connectivity index (χ1v) is 7.22. The molecule has 0 spiro atoms. The highest BCUT2D eigenvalue weighted by atomic mass is 16.3. The molecule has 0 aromatic heterocycles. The molecule has 0 saturated carbocycles. The molecule has 1 unspecified atom stereocenters. The molecule has 0 fully saturated rings. The zero-order chi connectivity index (χ0) is 15.1. The van der Waals surface area contributed by atoms with Crippen LogP contribution in [-0.2, 0) is 0 Å². The highest BCUT2D eigenvalue weighted by molar-refractivity contribution is 5.89. The molecule has 4 heteroatoms. The molecule has 1 aromatic carbocycles. The van der Waals surface area contributed by atoms with E-state index in [4.69, 9.17) is 5.11 Å². The number of benzene rings is 1. The number of carbonyl (C=O) groups excluding carboxylic acids is 1. The molecular weight excluding hydrogens is 252 g/mol. The van der Waals surface area contributed by atoms with Gasteiger partial charge in [-0.05, 0) is 36.0 Å². The van der Waals surface area contributed by atoms with Gasteiger partial charge in [0.05, 0.1) is 0 Å². The van der Waals surface area contributed by atoms with Crippen molar-refractivity contribution in [1.29, 1.82) is 0 Å². The van der Waals surface area contributed by atoms with Crippen molar-refractivity contribution in [3.63, 3.8) is 0 Å². The van der Waals surface area contributed by atoms with E-state index in [0.717, 1.165) is 5.69 Å². The van der Waals surface area contributed by atoms with E-state index in [2.05, 4.69) is 30.5 Å². The summed E-state index contributed by atoms with van der Waals surface area (Å²) in [5.74, 6) is 0.715. The van der Waals surface area contributed by atoms with Crippen LogP contribution in [0.25, 0.3) is 0 Å². The second-order valence-electron chi connectivity index (χ2n) is 5.74. The molecule has 4 nitrogen and oxygen atoms in total. The first kappa shape index (κ1) is 16.5. The summed E-state index contributed by atoms with van der Waals surface area (Å²) >= 11 is 0. The summed E-state index contributed by atoms with van der Waals surface area (Å²) in [6.07, 6.45) is 0.567. The maximum Gasteiger partial charge on any atom is 0.319 e. The lowest BCUT2D eigenvalue weighted by atomic mass is 10.0. The number of aliphatic hydroxyl groups excluding tert-OH is 1. The predicted octanol–water partition coefficient (Wildman–Crippen LogP) is 3.34. The van der Waals surface area contributed by atoms with Crippen molar-refractivity contribution in [1.82, 2.24) is 5.32 Å². The Labute approximate surface area is 121 Å². The standard InChI is InChI=1S/C16H26N2O2/c1-11(2)13-6-5-7-14(10-13)17-16(20)18-15(8-9-19)12(3)4/h5-7,10-12,15,19H,8-9H2,1-4H3,(H2,17,18,20). The van der Waals surface area contributed by atoms with Gasteiger partial charge in [-0.25, -0.2) is 4.79 Å². The van der Waals surface area contributed by atoms with Crippen molar-refractivity contribution in [2.45, 2.75) is 46.1 Å². The Balaban J connectivity index is 2.63. The number of hydrogen-bond donors (Lipinski definition) is 3. The maximum atomic E-state index is 12.0. The zero-order valence-corrected chi connectivity index (χ0v) is 12.8. The van der Waals surface area contributed by atoms with Gasteiger partial charge in [0.1, 0.15) is 0 Å². The van der Waals surface area contributed by atoms with Gasteiger partial charge in [-0.2, -0.15) is 0 Å².